The second kappa shape index (κ2) is 11.9. The van der Waals surface area contributed by atoms with Crippen LogP contribution >= 0.6 is 0 Å². The molecule has 0 saturated heterocycles. The van der Waals surface area contributed by atoms with Gasteiger partial charge in [-0.05, 0) is 83.0 Å². The monoisotopic (exact) mass is 571 g/mol. The molecule has 0 radical (unpaired) electrons. The molecule has 0 bridgehead atoms. The van der Waals surface area contributed by atoms with Gasteiger partial charge >= 0.3 is 0 Å². The summed E-state index contributed by atoms with van der Waals surface area (Å²) in [6.07, 6.45) is 0. The number of anilines is 1. The predicted octanol–water partition coefficient (Wildman–Crippen LogP) is 8.20. The lowest BCUT2D eigenvalue weighted by Crippen LogP contribution is -2.31. The van der Waals surface area contributed by atoms with Crippen LogP contribution in [0, 0.1) is 13.8 Å². The molecule has 0 amide bonds. The van der Waals surface area contributed by atoms with Gasteiger partial charge in [-0.25, -0.2) is 4.58 Å². The van der Waals surface area contributed by atoms with Crippen LogP contribution in [0.4, 0.5) is 5.69 Å². The van der Waals surface area contributed by atoms with Crippen molar-refractivity contribution in [3.05, 3.63) is 95.3 Å². The first-order valence-corrected chi connectivity index (χ1v) is 15.3. The third kappa shape index (κ3) is 5.11. The van der Waals surface area contributed by atoms with E-state index in [9.17, 15) is 0 Å². The Hall–Kier alpha value is -4.71. The number of rotatable bonds is 8. The Morgan fingerprint density at radius 2 is 1.35 bits per heavy atom. The maximum absolute atomic E-state index is 6.78. The molecule has 0 atom stereocenters. The normalized spacial score (nSPS) is 11.4. The Bertz CT molecular complexity index is 1940. The molecule has 6 heteroatoms. The lowest BCUT2D eigenvalue weighted by molar-refractivity contribution is 0.584. The molecule has 218 valence electrons. The zero-order valence-electron chi connectivity index (χ0n) is 25.9. The van der Waals surface area contributed by atoms with Gasteiger partial charge < -0.3 is 13.7 Å². The van der Waals surface area contributed by atoms with Crippen LogP contribution < -0.4 is 14.8 Å². The molecule has 43 heavy (non-hydrogen) atoms. The molecule has 2 heterocycles. The molecule has 6 nitrogen and oxygen atoms in total. The smallest absolute Gasteiger partial charge is 0.248 e. The van der Waals surface area contributed by atoms with Gasteiger partial charge in [-0.1, -0.05) is 36.4 Å². The fourth-order valence-corrected chi connectivity index (χ4v) is 6.20. The van der Waals surface area contributed by atoms with E-state index in [-0.39, 0.29) is 0 Å². The lowest BCUT2D eigenvalue weighted by atomic mass is 9.89. The SMILES string of the molecule is CCN(CC)c1cc2oc3cc(=[N+](CC)CC)c(C)cc-3c(-c3ccccc3-c3nnc(-c4ccccc4)o3)c2cc1C. The van der Waals surface area contributed by atoms with Gasteiger partial charge in [-0.15, -0.1) is 10.2 Å². The van der Waals surface area contributed by atoms with Gasteiger partial charge in [0.15, 0.2) is 0 Å². The maximum Gasteiger partial charge on any atom is 0.248 e. The quantitative estimate of drug-likeness (QED) is 0.136. The molecule has 0 fully saturated rings. The van der Waals surface area contributed by atoms with Crippen molar-refractivity contribution in [2.75, 3.05) is 31.1 Å². The second-order valence-corrected chi connectivity index (χ2v) is 10.9. The van der Waals surface area contributed by atoms with E-state index < -0.39 is 0 Å². The van der Waals surface area contributed by atoms with Crippen LogP contribution in [0.1, 0.15) is 38.8 Å². The molecular weight excluding hydrogens is 532 g/mol. The highest BCUT2D eigenvalue weighted by molar-refractivity contribution is 6.06. The average Bonchev–Trinajstić information content (AvgIpc) is 3.53. The van der Waals surface area contributed by atoms with Crippen molar-refractivity contribution in [3.63, 3.8) is 0 Å². The molecule has 1 aliphatic heterocycles. The molecule has 0 N–H and O–H groups in total. The summed E-state index contributed by atoms with van der Waals surface area (Å²) in [5, 5.41) is 11.2. The second-order valence-electron chi connectivity index (χ2n) is 10.9. The van der Waals surface area contributed by atoms with Crippen molar-refractivity contribution in [1.82, 2.24) is 14.8 Å². The van der Waals surface area contributed by atoms with Crippen molar-refractivity contribution < 1.29 is 8.83 Å². The van der Waals surface area contributed by atoms with E-state index in [1.54, 1.807) is 0 Å². The van der Waals surface area contributed by atoms with Crippen LogP contribution in [0.5, 0.6) is 0 Å². The van der Waals surface area contributed by atoms with Gasteiger partial charge in [-0.3, -0.25) is 0 Å². The summed E-state index contributed by atoms with van der Waals surface area (Å²) >= 11 is 0. The minimum absolute atomic E-state index is 0.490. The molecule has 4 aromatic rings. The van der Waals surface area contributed by atoms with Crippen molar-refractivity contribution in [3.8, 4) is 45.4 Å². The van der Waals surface area contributed by atoms with E-state index in [0.29, 0.717) is 11.8 Å². The number of aryl methyl sites for hydroxylation is 2. The summed E-state index contributed by atoms with van der Waals surface area (Å²) in [7, 11) is 0. The lowest BCUT2D eigenvalue weighted by Gasteiger charge is -2.25. The molecule has 1 aliphatic carbocycles. The number of benzene rings is 4. The van der Waals surface area contributed by atoms with E-state index in [4.69, 9.17) is 8.83 Å². The number of aromatic nitrogens is 2. The largest absolute Gasteiger partial charge is 0.456 e. The van der Waals surface area contributed by atoms with Crippen LogP contribution in [0.2, 0.25) is 0 Å². The van der Waals surface area contributed by atoms with E-state index in [2.05, 4.69) is 104 Å². The molecule has 3 aromatic carbocycles. The maximum atomic E-state index is 6.78. The van der Waals surface area contributed by atoms with E-state index in [0.717, 1.165) is 70.7 Å². The summed E-state index contributed by atoms with van der Waals surface area (Å²) in [6.45, 7) is 16.9. The van der Waals surface area contributed by atoms with Gasteiger partial charge in [-0.2, -0.15) is 0 Å². The standard InChI is InChI=1S/C37H39N4O2/c1-7-40(8-2)31-22-33-29(20-24(31)5)35(30-21-25(6)32(23-34(30)42-33)41(9-3)10-4)27-18-14-15-19-28(27)37-39-38-36(43-37)26-16-12-11-13-17-26/h11-23H,7-10H2,1-6H3/q+1. The zero-order chi connectivity index (χ0) is 30.1. The number of hydrogen-bond acceptors (Lipinski definition) is 5. The van der Waals surface area contributed by atoms with Crippen LogP contribution in [0.15, 0.2) is 87.7 Å². The Balaban J connectivity index is 1.68. The highest BCUT2D eigenvalue weighted by atomic mass is 16.4. The summed E-state index contributed by atoms with van der Waals surface area (Å²) in [5.74, 6) is 1.85. The van der Waals surface area contributed by atoms with Crippen LogP contribution in [-0.4, -0.2) is 36.4 Å². The summed E-state index contributed by atoms with van der Waals surface area (Å²) < 4.78 is 15.4. The first-order valence-electron chi connectivity index (χ1n) is 15.3. The number of hydrogen-bond donors (Lipinski definition) is 0. The van der Waals surface area contributed by atoms with Crippen molar-refractivity contribution in [2.45, 2.75) is 41.5 Å². The predicted molar refractivity (Wildman–Crippen MR) is 176 cm³/mol. The summed E-state index contributed by atoms with van der Waals surface area (Å²) in [4.78, 5) is 2.38. The zero-order valence-corrected chi connectivity index (χ0v) is 25.9. The number of fused-ring (bicyclic) bond motifs is 2. The minimum atomic E-state index is 0.490. The van der Waals surface area contributed by atoms with Gasteiger partial charge in [0, 0.05) is 58.0 Å². The summed E-state index contributed by atoms with van der Waals surface area (Å²) in [6, 6.07) is 27.2. The Labute approximate surface area is 253 Å². The van der Waals surface area contributed by atoms with Crippen LogP contribution in [-0.2, 0) is 0 Å². The van der Waals surface area contributed by atoms with Gasteiger partial charge in [0.05, 0.1) is 6.07 Å². The molecule has 0 unspecified atom stereocenters. The first-order chi connectivity index (χ1) is 21.0. The Kier molecular flexibility index (Phi) is 7.85. The van der Waals surface area contributed by atoms with Gasteiger partial charge in [0.25, 0.3) is 0 Å². The minimum Gasteiger partial charge on any atom is -0.456 e. The van der Waals surface area contributed by atoms with Gasteiger partial charge in [0.1, 0.15) is 24.4 Å². The highest BCUT2D eigenvalue weighted by Gasteiger charge is 2.25. The summed E-state index contributed by atoms with van der Waals surface area (Å²) in [5.41, 5.74) is 9.46. The van der Waals surface area contributed by atoms with E-state index in [1.165, 1.54) is 22.2 Å². The van der Waals surface area contributed by atoms with Crippen molar-refractivity contribution in [2.24, 2.45) is 0 Å². The molecule has 6 rings (SSSR count). The fraction of sp³-hybridized carbons (Fsp3) is 0.270. The van der Waals surface area contributed by atoms with Crippen molar-refractivity contribution >= 4 is 16.7 Å². The fourth-order valence-electron chi connectivity index (χ4n) is 6.20. The molecule has 2 aliphatic rings. The molecule has 0 saturated carbocycles. The van der Waals surface area contributed by atoms with Crippen molar-refractivity contribution in [1.29, 1.82) is 0 Å². The van der Waals surface area contributed by atoms with E-state index in [1.807, 2.05) is 36.4 Å². The van der Waals surface area contributed by atoms with Crippen LogP contribution in [0.3, 0.4) is 0 Å². The highest BCUT2D eigenvalue weighted by Crippen LogP contribution is 2.45. The topological polar surface area (TPSA) is 58.3 Å². The van der Waals surface area contributed by atoms with Gasteiger partial charge in [0.2, 0.25) is 17.1 Å². The third-order valence-corrected chi connectivity index (χ3v) is 8.44. The average molecular weight is 572 g/mol. The molecular formula is C37H39N4O2+. The van der Waals surface area contributed by atoms with Crippen LogP contribution in [0.25, 0.3) is 56.3 Å². The molecule has 0 spiro atoms. The Morgan fingerprint density at radius 1 is 0.674 bits per heavy atom. The Morgan fingerprint density at radius 3 is 2.05 bits per heavy atom. The molecule has 1 aromatic heterocycles. The third-order valence-electron chi connectivity index (χ3n) is 8.44. The number of nitrogens with zero attached hydrogens (tertiary/aromatic N) is 4. The van der Waals surface area contributed by atoms with E-state index >= 15 is 0 Å². The first kappa shape index (κ1) is 28.4.